The molecule has 4 aromatic rings. The Morgan fingerprint density at radius 1 is 0.750 bits per heavy atom. The molecule has 0 spiro atoms. The summed E-state index contributed by atoms with van der Waals surface area (Å²) in [5.74, 6) is 0.836. The lowest BCUT2D eigenvalue weighted by atomic mass is 10.2. The van der Waals surface area contributed by atoms with Crippen molar-refractivity contribution in [2.75, 3.05) is 38.5 Å². The Morgan fingerprint density at radius 3 is 1.84 bits per heavy atom. The number of carbonyl (C=O) groups is 2. The van der Waals surface area contributed by atoms with Gasteiger partial charge >= 0.3 is 6.03 Å². The van der Waals surface area contributed by atoms with Crippen molar-refractivity contribution in [3.63, 3.8) is 0 Å². The summed E-state index contributed by atoms with van der Waals surface area (Å²) in [5, 5.41) is 5.40. The van der Waals surface area contributed by atoms with Crippen LogP contribution in [0.25, 0.3) is 0 Å². The molecule has 1 saturated heterocycles. The zero-order chi connectivity index (χ0) is 31.3. The molecule has 0 atom stereocenters. The number of halogens is 1. The number of anilines is 1. The molecule has 10 nitrogen and oxygen atoms in total. The molecule has 228 valence electrons. The zero-order valence-corrected chi connectivity index (χ0v) is 24.9. The van der Waals surface area contributed by atoms with Crippen molar-refractivity contribution in [3.05, 3.63) is 108 Å². The van der Waals surface area contributed by atoms with Gasteiger partial charge in [0.2, 0.25) is 10.0 Å². The van der Waals surface area contributed by atoms with Crippen LogP contribution in [0.4, 0.5) is 14.9 Å². The topological polar surface area (TPSA) is 117 Å². The number of ether oxygens (including phenoxy) is 2. The molecule has 1 heterocycles. The number of rotatable bonds is 8. The SMILES string of the molecule is CNC(=O)c1ccc(Oc2cc(NC(=O)N3CCN(S(=O)(=O)c4ccc(C)cc4)CC3)cc(Oc3ccc(F)cc3)c2)cc1. The van der Waals surface area contributed by atoms with Gasteiger partial charge in [-0.15, -0.1) is 0 Å². The van der Waals surface area contributed by atoms with Crippen LogP contribution in [0, 0.1) is 12.7 Å². The first-order chi connectivity index (χ1) is 21.1. The maximum Gasteiger partial charge on any atom is 0.321 e. The molecular formula is C32H31FN4O6S. The number of sulfonamides is 1. The van der Waals surface area contributed by atoms with Gasteiger partial charge in [0.15, 0.2) is 0 Å². The summed E-state index contributed by atoms with van der Waals surface area (Å²) in [6, 6.07) is 23.1. The highest BCUT2D eigenvalue weighted by Crippen LogP contribution is 2.33. The van der Waals surface area contributed by atoms with Crippen molar-refractivity contribution in [3.8, 4) is 23.0 Å². The van der Waals surface area contributed by atoms with E-state index in [0.717, 1.165) is 5.56 Å². The van der Waals surface area contributed by atoms with Crippen molar-refractivity contribution >= 4 is 27.6 Å². The van der Waals surface area contributed by atoms with Crippen LogP contribution in [-0.4, -0.2) is 62.8 Å². The minimum Gasteiger partial charge on any atom is -0.457 e. The van der Waals surface area contributed by atoms with Crippen LogP contribution in [-0.2, 0) is 10.0 Å². The molecule has 0 aliphatic carbocycles. The highest BCUT2D eigenvalue weighted by molar-refractivity contribution is 7.89. The highest BCUT2D eigenvalue weighted by atomic mass is 32.2. The lowest BCUT2D eigenvalue weighted by Gasteiger charge is -2.34. The average Bonchev–Trinajstić information content (AvgIpc) is 3.02. The zero-order valence-electron chi connectivity index (χ0n) is 24.1. The standard InChI is InChI=1S/C32H31FN4O6S/c1-22-3-13-30(14-4-22)44(40,41)37-17-15-36(16-18-37)32(39)35-25-19-28(42-26-9-5-23(6-10-26)31(38)34-2)21-29(20-25)43-27-11-7-24(33)8-12-27/h3-14,19-21H,15-18H2,1-2H3,(H,34,38)(H,35,39). The Labute approximate surface area is 255 Å². The molecule has 1 fully saturated rings. The molecule has 1 aliphatic heterocycles. The smallest absolute Gasteiger partial charge is 0.321 e. The van der Waals surface area contributed by atoms with E-state index in [4.69, 9.17) is 9.47 Å². The number of benzene rings is 4. The van der Waals surface area contributed by atoms with E-state index in [0.29, 0.717) is 34.2 Å². The Bertz CT molecular complexity index is 1740. The van der Waals surface area contributed by atoms with E-state index in [1.165, 1.54) is 33.5 Å². The van der Waals surface area contributed by atoms with E-state index < -0.39 is 21.9 Å². The predicted octanol–water partition coefficient (Wildman–Crippen LogP) is 5.62. The minimum absolute atomic E-state index is 0.151. The number of hydrogen-bond donors (Lipinski definition) is 2. The molecule has 0 unspecified atom stereocenters. The molecule has 2 N–H and O–H groups in total. The first kappa shape index (κ1) is 30.5. The fraction of sp³-hybridized carbons (Fsp3) is 0.188. The first-order valence-corrected chi connectivity index (χ1v) is 15.3. The third-order valence-corrected chi connectivity index (χ3v) is 8.86. The molecule has 0 radical (unpaired) electrons. The number of amides is 3. The molecule has 5 rings (SSSR count). The van der Waals surface area contributed by atoms with Crippen LogP contribution in [0.15, 0.2) is 95.9 Å². The number of urea groups is 1. The summed E-state index contributed by atoms with van der Waals surface area (Å²) in [5.41, 5.74) is 1.79. The summed E-state index contributed by atoms with van der Waals surface area (Å²) in [6.45, 7) is 2.59. The second-order valence-electron chi connectivity index (χ2n) is 10.1. The van der Waals surface area contributed by atoms with Crippen LogP contribution in [0.1, 0.15) is 15.9 Å². The van der Waals surface area contributed by atoms with Gasteiger partial charge in [-0.2, -0.15) is 4.31 Å². The van der Waals surface area contributed by atoms with Crippen molar-refractivity contribution in [2.45, 2.75) is 11.8 Å². The van der Waals surface area contributed by atoms with E-state index in [2.05, 4.69) is 10.6 Å². The lowest BCUT2D eigenvalue weighted by molar-refractivity contribution is 0.0963. The van der Waals surface area contributed by atoms with E-state index in [1.54, 1.807) is 73.8 Å². The minimum atomic E-state index is -3.67. The molecule has 3 amide bonds. The van der Waals surface area contributed by atoms with Crippen LogP contribution in [0.5, 0.6) is 23.0 Å². The average molecular weight is 619 g/mol. The van der Waals surface area contributed by atoms with Gasteiger partial charge in [0.1, 0.15) is 28.8 Å². The van der Waals surface area contributed by atoms with E-state index in [1.807, 2.05) is 6.92 Å². The lowest BCUT2D eigenvalue weighted by Crippen LogP contribution is -2.51. The Balaban J connectivity index is 1.30. The Kier molecular flexibility index (Phi) is 9.12. The van der Waals surface area contributed by atoms with Gasteiger partial charge < -0.3 is 25.0 Å². The number of carbonyl (C=O) groups excluding carboxylic acids is 2. The molecular weight excluding hydrogens is 587 g/mol. The normalized spacial score (nSPS) is 13.7. The Morgan fingerprint density at radius 2 is 1.30 bits per heavy atom. The van der Waals surface area contributed by atoms with Crippen molar-refractivity contribution in [2.24, 2.45) is 0 Å². The van der Waals surface area contributed by atoms with Gasteiger partial charge in [0, 0.05) is 62.7 Å². The summed E-state index contributed by atoms with van der Waals surface area (Å²) >= 11 is 0. The van der Waals surface area contributed by atoms with Crippen LogP contribution in [0.3, 0.4) is 0 Å². The second-order valence-corrected chi connectivity index (χ2v) is 12.0. The Hall–Kier alpha value is -4.94. The van der Waals surface area contributed by atoms with Crippen molar-refractivity contribution in [1.82, 2.24) is 14.5 Å². The second kappa shape index (κ2) is 13.1. The summed E-state index contributed by atoms with van der Waals surface area (Å²) in [6.07, 6.45) is 0. The molecule has 4 aromatic carbocycles. The van der Waals surface area contributed by atoms with Gasteiger partial charge in [-0.1, -0.05) is 17.7 Å². The van der Waals surface area contributed by atoms with Crippen LogP contribution < -0.4 is 20.1 Å². The number of nitrogens with zero attached hydrogens (tertiary/aromatic N) is 2. The van der Waals surface area contributed by atoms with E-state index in [9.17, 15) is 22.4 Å². The number of piperazine rings is 1. The largest absolute Gasteiger partial charge is 0.457 e. The molecule has 44 heavy (non-hydrogen) atoms. The summed E-state index contributed by atoms with van der Waals surface area (Å²) in [7, 11) is -2.13. The van der Waals surface area contributed by atoms with Gasteiger partial charge in [0.25, 0.3) is 5.91 Å². The monoisotopic (exact) mass is 618 g/mol. The van der Waals surface area contributed by atoms with Crippen LogP contribution in [0.2, 0.25) is 0 Å². The quantitative estimate of drug-likeness (QED) is 0.265. The third-order valence-electron chi connectivity index (χ3n) is 6.94. The predicted molar refractivity (Wildman–Crippen MR) is 163 cm³/mol. The van der Waals surface area contributed by atoms with Gasteiger partial charge in [-0.05, 0) is 67.6 Å². The summed E-state index contributed by atoms with van der Waals surface area (Å²) < 4.78 is 52.8. The number of aryl methyl sites for hydroxylation is 1. The van der Waals surface area contributed by atoms with Gasteiger partial charge in [0.05, 0.1) is 4.90 Å². The fourth-order valence-corrected chi connectivity index (χ4v) is 5.97. The molecule has 0 saturated carbocycles. The van der Waals surface area contributed by atoms with Crippen molar-refractivity contribution in [1.29, 1.82) is 0 Å². The summed E-state index contributed by atoms with van der Waals surface area (Å²) in [4.78, 5) is 26.9. The molecule has 1 aliphatic rings. The highest BCUT2D eigenvalue weighted by Gasteiger charge is 2.30. The van der Waals surface area contributed by atoms with Crippen molar-refractivity contribution < 1.29 is 31.9 Å². The fourth-order valence-electron chi connectivity index (χ4n) is 4.55. The van der Waals surface area contributed by atoms with Crippen LogP contribution >= 0.6 is 0 Å². The third kappa shape index (κ3) is 7.33. The molecule has 0 aromatic heterocycles. The maximum absolute atomic E-state index is 13.4. The van der Waals surface area contributed by atoms with Gasteiger partial charge in [-0.3, -0.25) is 4.79 Å². The number of hydrogen-bond acceptors (Lipinski definition) is 6. The first-order valence-electron chi connectivity index (χ1n) is 13.8. The van der Waals surface area contributed by atoms with E-state index >= 15 is 0 Å². The van der Waals surface area contributed by atoms with Gasteiger partial charge in [-0.25, -0.2) is 17.6 Å². The molecule has 12 heteroatoms. The number of nitrogens with one attached hydrogen (secondary N) is 2. The van der Waals surface area contributed by atoms with E-state index in [-0.39, 0.29) is 37.0 Å². The maximum atomic E-state index is 13.4. The molecule has 0 bridgehead atoms.